The van der Waals surface area contributed by atoms with Gasteiger partial charge in [0.25, 0.3) is 0 Å². The van der Waals surface area contributed by atoms with Crippen molar-refractivity contribution in [2.45, 2.75) is 0 Å². The minimum absolute atomic E-state index is 1.28. The summed E-state index contributed by atoms with van der Waals surface area (Å²) in [6, 6.07) is 45.4. The molecule has 0 atom stereocenters. The number of fused-ring (bicyclic) bond motifs is 16. The summed E-state index contributed by atoms with van der Waals surface area (Å²) in [4.78, 5) is 0. The Labute approximate surface area is 257 Å². The number of hydrogen-bond acceptors (Lipinski definition) is 2. The molecule has 44 heavy (non-hydrogen) atoms. The Hall–Kier alpha value is -5.16. The summed E-state index contributed by atoms with van der Waals surface area (Å²) < 4.78 is 10.5. The van der Waals surface area contributed by atoms with Gasteiger partial charge in [-0.05, 0) is 59.7 Å². The van der Waals surface area contributed by atoms with Crippen LogP contribution in [0.5, 0.6) is 0 Å². The molecule has 6 heterocycles. The Morgan fingerprint density at radius 3 is 1.20 bits per heavy atom. The monoisotopic (exact) mass is 592 g/mol. The molecule has 0 saturated carbocycles. The third-order valence-electron chi connectivity index (χ3n) is 9.95. The highest BCUT2D eigenvalue weighted by Crippen LogP contribution is 2.49. The Balaban J connectivity index is 1.28. The van der Waals surface area contributed by atoms with Crippen LogP contribution in [-0.2, 0) is 0 Å². The van der Waals surface area contributed by atoms with Crippen LogP contribution in [-0.4, -0.2) is 8.80 Å². The van der Waals surface area contributed by atoms with Gasteiger partial charge in [0.05, 0.1) is 42.5 Å². The fourth-order valence-electron chi connectivity index (χ4n) is 8.21. The van der Waals surface area contributed by atoms with Gasteiger partial charge >= 0.3 is 0 Å². The normalized spacial score (nSPS) is 13.0. The Morgan fingerprint density at radius 1 is 0.341 bits per heavy atom. The van der Waals surface area contributed by atoms with E-state index in [2.05, 4.69) is 130 Å². The fraction of sp³-hybridized carbons (Fsp3) is 0. The predicted molar refractivity (Wildman–Crippen MR) is 192 cm³/mol. The molecule has 0 aliphatic carbocycles. The first-order chi connectivity index (χ1) is 21.8. The SMILES string of the molecule is c1ccc2c(c1)sc1c3cc(-c4cc5c6ccccc6n6c5c(c4)c4sc5ccccc5c46)cc4c5ccccc5n(c43)c21. The van der Waals surface area contributed by atoms with Crippen LogP contribution in [0, 0.1) is 0 Å². The molecule has 0 spiro atoms. The molecule has 2 nitrogen and oxygen atoms in total. The fourth-order valence-corrected chi connectivity index (χ4v) is 10.6. The highest BCUT2D eigenvalue weighted by Gasteiger charge is 2.24. The average Bonchev–Trinajstić information content (AvgIpc) is 3.89. The van der Waals surface area contributed by atoms with Crippen molar-refractivity contribution in [1.82, 2.24) is 8.80 Å². The molecule has 0 radical (unpaired) electrons. The molecule has 12 rings (SSSR count). The van der Waals surface area contributed by atoms with Crippen LogP contribution in [0.1, 0.15) is 0 Å². The number of para-hydroxylation sites is 2. The van der Waals surface area contributed by atoms with Gasteiger partial charge in [0.2, 0.25) is 0 Å². The van der Waals surface area contributed by atoms with E-state index >= 15 is 0 Å². The standard InChI is InChI=1S/C40H20N2S2/c1-5-13-31-23(9-1)27-17-21(19-29-35(27)41(31)37-25-11-3-7-15-33(25)43-39(29)37)22-18-28-24-10-2-6-14-32(24)42-36(28)30(20-22)40-38(42)26-12-4-8-16-34(26)44-40/h1-20H. The molecule has 6 aromatic heterocycles. The van der Waals surface area contributed by atoms with Crippen LogP contribution in [0.2, 0.25) is 0 Å². The zero-order valence-corrected chi connectivity index (χ0v) is 24.9. The van der Waals surface area contributed by atoms with E-state index in [1.807, 2.05) is 22.7 Å². The molecule has 0 fully saturated rings. The Morgan fingerprint density at radius 2 is 0.727 bits per heavy atom. The van der Waals surface area contributed by atoms with E-state index in [0.717, 1.165) is 0 Å². The van der Waals surface area contributed by atoms with Crippen molar-refractivity contribution in [2.24, 2.45) is 0 Å². The van der Waals surface area contributed by atoms with Gasteiger partial charge in [-0.2, -0.15) is 0 Å². The molecule has 12 aromatic rings. The van der Waals surface area contributed by atoms with Crippen LogP contribution in [0.15, 0.2) is 121 Å². The molecule has 0 aliphatic rings. The van der Waals surface area contributed by atoms with Gasteiger partial charge in [-0.1, -0.05) is 72.8 Å². The summed E-state index contributed by atoms with van der Waals surface area (Å²) in [5.41, 5.74) is 10.5. The number of benzene rings is 6. The lowest BCUT2D eigenvalue weighted by atomic mass is 9.97. The molecule has 0 amide bonds. The smallest absolute Gasteiger partial charge is 0.0728 e. The quantitative estimate of drug-likeness (QED) is 0.179. The number of hydrogen-bond donors (Lipinski definition) is 0. The number of rotatable bonds is 1. The molecular weight excluding hydrogens is 573 g/mol. The average molecular weight is 593 g/mol. The molecule has 4 heteroatoms. The van der Waals surface area contributed by atoms with Gasteiger partial charge in [-0.25, -0.2) is 0 Å². The van der Waals surface area contributed by atoms with Crippen LogP contribution in [0.4, 0.5) is 0 Å². The Bertz CT molecular complexity index is 2950. The topological polar surface area (TPSA) is 8.82 Å². The van der Waals surface area contributed by atoms with Crippen molar-refractivity contribution in [3.05, 3.63) is 121 Å². The third-order valence-corrected chi connectivity index (χ3v) is 12.3. The van der Waals surface area contributed by atoms with Crippen LogP contribution < -0.4 is 0 Å². The lowest BCUT2D eigenvalue weighted by molar-refractivity contribution is 1.38. The number of thiophene rings is 2. The first-order valence-corrected chi connectivity index (χ1v) is 16.7. The van der Waals surface area contributed by atoms with Crippen molar-refractivity contribution < 1.29 is 0 Å². The summed E-state index contributed by atoms with van der Waals surface area (Å²) in [5.74, 6) is 0. The van der Waals surface area contributed by atoms with Gasteiger partial charge < -0.3 is 8.80 Å². The number of nitrogens with zero attached hydrogens (tertiary/aromatic N) is 2. The summed E-state index contributed by atoms with van der Waals surface area (Å²) in [6.07, 6.45) is 0. The van der Waals surface area contributed by atoms with Crippen molar-refractivity contribution in [2.75, 3.05) is 0 Å². The highest BCUT2D eigenvalue weighted by molar-refractivity contribution is 7.27. The van der Waals surface area contributed by atoms with E-state index < -0.39 is 0 Å². The highest BCUT2D eigenvalue weighted by atomic mass is 32.1. The Kier molecular flexibility index (Phi) is 3.81. The van der Waals surface area contributed by atoms with Gasteiger partial charge in [-0.15, -0.1) is 22.7 Å². The third kappa shape index (κ3) is 2.45. The van der Waals surface area contributed by atoms with Gasteiger partial charge in [0.15, 0.2) is 0 Å². The second kappa shape index (κ2) is 7.48. The van der Waals surface area contributed by atoms with Crippen molar-refractivity contribution in [3.63, 3.8) is 0 Å². The summed E-state index contributed by atoms with van der Waals surface area (Å²) in [6.45, 7) is 0. The first-order valence-electron chi connectivity index (χ1n) is 15.0. The van der Waals surface area contributed by atoms with Gasteiger partial charge in [-0.3, -0.25) is 0 Å². The molecule has 6 aromatic carbocycles. The maximum absolute atomic E-state index is 2.53. The molecule has 0 N–H and O–H groups in total. The molecule has 202 valence electrons. The van der Waals surface area contributed by atoms with Crippen molar-refractivity contribution in [1.29, 1.82) is 0 Å². The zero-order chi connectivity index (χ0) is 28.3. The summed E-state index contributed by atoms with van der Waals surface area (Å²) in [5, 5.41) is 10.7. The van der Waals surface area contributed by atoms with E-state index in [-0.39, 0.29) is 0 Å². The van der Waals surface area contributed by atoms with E-state index in [4.69, 9.17) is 0 Å². The first kappa shape index (κ1) is 22.4. The van der Waals surface area contributed by atoms with Crippen LogP contribution in [0.3, 0.4) is 0 Å². The van der Waals surface area contributed by atoms with Crippen LogP contribution in [0.25, 0.3) is 106 Å². The molecular formula is C40H20N2S2. The van der Waals surface area contributed by atoms with E-state index in [0.29, 0.717) is 0 Å². The van der Waals surface area contributed by atoms with Gasteiger partial charge in [0, 0.05) is 52.5 Å². The maximum Gasteiger partial charge on any atom is 0.0728 e. The zero-order valence-electron chi connectivity index (χ0n) is 23.3. The summed E-state index contributed by atoms with van der Waals surface area (Å²) >= 11 is 3.85. The minimum atomic E-state index is 1.28. The van der Waals surface area contributed by atoms with Crippen LogP contribution >= 0.6 is 22.7 Å². The molecule has 0 bridgehead atoms. The number of aromatic nitrogens is 2. The lowest BCUT2D eigenvalue weighted by Gasteiger charge is -2.06. The largest absolute Gasteiger partial charge is 0.306 e. The van der Waals surface area contributed by atoms with E-state index in [1.54, 1.807) is 0 Å². The molecule has 0 saturated heterocycles. The molecule has 0 unspecified atom stereocenters. The predicted octanol–water partition coefficient (Wildman–Crippen LogP) is 12.1. The lowest BCUT2D eigenvalue weighted by Crippen LogP contribution is -1.82. The second-order valence-corrected chi connectivity index (χ2v) is 14.2. The maximum atomic E-state index is 2.53. The van der Waals surface area contributed by atoms with Crippen molar-refractivity contribution in [3.8, 4) is 11.1 Å². The van der Waals surface area contributed by atoms with Crippen molar-refractivity contribution >= 4 is 118 Å². The minimum Gasteiger partial charge on any atom is -0.306 e. The second-order valence-electron chi connectivity index (χ2n) is 12.1. The van der Waals surface area contributed by atoms with E-state index in [1.165, 1.54) is 106 Å². The van der Waals surface area contributed by atoms with E-state index in [9.17, 15) is 0 Å². The van der Waals surface area contributed by atoms with Gasteiger partial charge in [0.1, 0.15) is 0 Å². The molecule has 0 aliphatic heterocycles. The summed E-state index contributed by atoms with van der Waals surface area (Å²) in [7, 11) is 0.